The third kappa shape index (κ3) is 8.40. The van der Waals surface area contributed by atoms with E-state index < -0.39 is 141 Å². The van der Waals surface area contributed by atoms with Crippen LogP contribution in [-0.2, 0) is 28.4 Å². The second-order valence-corrected chi connectivity index (χ2v) is 23.8. The van der Waals surface area contributed by atoms with Gasteiger partial charge < -0.3 is 94.8 Å². The van der Waals surface area contributed by atoms with Crippen LogP contribution in [0.1, 0.15) is 113 Å². The lowest BCUT2D eigenvalue weighted by molar-refractivity contribution is -0.381. The largest absolute Gasteiger partial charge is 0.394 e. The molecule has 0 aromatic rings. The van der Waals surface area contributed by atoms with Crippen molar-refractivity contribution in [2.24, 2.45) is 50.7 Å². The Bertz CT molecular complexity index is 1710. The summed E-state index contributed by atoms with van der Waals surface area (Å²) in [5, 5.41) is 139. The van der Waals surface area contributed by atoms with Gasteiger partial charge in [0.1, 0.15) is 73.2 Å². The molecule has 8 rings (SSSR count). The Kier molecular flexibility index (Phi) is 14.6. The predicted octanol–water partition coefficient (Wildman–Crippen LogP) is -1.22. The van der Waals surface area contributed by atoms with Gasteiger partial charge in [0.05, 0.1) is 43.7 Å². The zero-order chi connectivity index (χ0) is 49.1. The first-order valence-electron chi connectivity index (χ1n) is 24.9. The summed E-state index contributed by atoms with van der Waals surface area (Å²) in [5.41, 5.74) is -1.52. The summed E-state index contributed by atoms with van der Waals surface area (Å²) in [6, 6.07) is 0. The van der Waals surface area contributed by atoms with Crippen LogP contribution in [0, 0.1) is 50.7 Å². The van der Waals surface area contributed by atoms with E-state index in [0.717, 1.165) is 51.4 Å². The second-order valence-electron chi connectivity index (χ2n) is 23.8. The minimum atomic E-state index is -1.84. The molecule has 67 heavy (non-hydrogen) atoms. The highest BCUT2D eigenvalue weighted by atomic mass is 16.8. The van der Waals surface area contributed by atoms with Crippen molar-refractivity contribution in [2.75, 3.05) is 19.8 Å². The maximum Gasteiger partial charge on any atom is 0.187 e. The minimum Gasteiger partial charge on any atom is -0.394 e. The van der Waals surface area contributed by atoms with E-state index in [-0.39, 0.29) is 45.8 Å². The van der Waals surface area contributed by atoms with Gasteiger partial charge in [-0.05, 0) is 122 Å². The summed E-state index contributed by atoms with van der Waals surface area (Å²) in [6.07, 6.45) is -17.5. The first-order chi connectivity index (χ1) is 31.2. The molecule has 0 amide bonds. The van der Waals surface area contributed by atoms with Gasteiger partial charge >= 0.3 is 0 Å². The van der Waals surface area contributed by atoms with E-state index in [1.165, 1.54) is 0 Å². The molecule has 2 spiro atoms. The molecular formula is C48H82O19. The van der Waals surface area contributed by atoms with Crippen molar-refractivity contribution in [3.63, 3.8) is 0 Å². The number of aliphatic hydroxyl groups excluding tert-OH is 12. The highest BCUT2D eigenvalue weighted by Gasteiger charge is 2.82. The SMILES string of the molecule is C[C@H](C(O)C[C@H](O)C(C)(C)O)[C@H]1CC[C@@]2(C)[C@@H]3CC[C@H]4C(C)(C)[C@@H](O[C@@H]5O[C@H](CO[C@@H]6O[C@H](CO)[C@@H](O)[C@H](O)[C@H]6O)[C@@H](O)[C@H](O)[C@H]5O[C@@H]5O[C@H](CO)[C@@H](O)[C@H](O)[C@H]5O)CC[C@@]45C[C@@]35CC[C@]12C. The molecular weight excluding hydrogens is 881 g/mol. The van der Waals surface area contributed by atoms with E-state index in [1.54, 1.807) is 13.8 Å². The van der Waals surface area contributed by atoms with Crippen molar-refractivity contribution in [1.29, 1.82) is 0 Å². The molecule has 388 valence electrons. The molecule has 3 heterocycles. The van der Waals surface area contributed by atoms with Gasteiger partial charge in [-0.2, -0.15) is 0 Å². The van der Waals surface area contributed by atoms with E-state index in [0.29, 0.717) is 12.3 Å². The Morgan fingerprint density at radius 1 is 0.597 bits per heavy atom. The van der Waals surface area contributed by atoms with Gasteiger partial charge in [-0.15, -0.1) is 0 Å². The number of rotatable bonds is 14. The third-order valence-electron chi connectivity index (χ3n) is 20.0. The minimum absolute atomic E-state index is 0.0157. The molecule has 26 atom stereocenters. The molecule has 0 bridgehead atoms. The molecule has 19 heteroatoms. The lowest BCUT2D eigenvalue weighted by Gasteiger charge is -2.64. The Hall–Kier alpha value is -0.760. The molecule has 5 aliphatic carbocycles. The van der Waals surface area contributed by atoms with Crippen molar-refractivity contribution in [1.82, 2.24) is 0 Å². The topological polar surface area (TPSA) is 318 Å². The van der Waals surface area contributed by atoms with Crippen molar-refractivity contribution in [2.45, 2.75) is 229 Å². The Morgan fingerprint density at radius 3 is 1.76 bits per heavy atom. The van der Waals surface area contributed by atoms with Gasteiger partial charge in [-0.1, -0.05) is 34.6 Å². The summed E-state index contributed by atoms with van der Waals surface area (Å²) in [7, 11) is 0. The first-order valence-corrected chi connectivity index (χ1v) is 24.9. The monoisotopic (exact) mass is 963 g/mol. The molecule has 3 aliphatic heterocycles. The van der Waals surface area contributed by atoms with Gasteiger partial charge in [0.25, 0.3) is 0 Å². The maximum atomic E-state index is 11.8. The number of ether oxygens (including phenoxy) is 6. The van der Waals surface area contributed by atoms with Crippen molar-refractivity contribution < 1.29 is 94.8 Å². The van der Waals surface area contributed by atoms with Crippen LogP contribution < -0.4 is 0 Å². The van der Waals surface area contributed by atoms with E-state index >= 15 is 0 Å². The Morgan fingerprint density at radius 2 is 1.15 bits per heavy atom. The molecule has 8 fully saturated rings. The molecule has 0 aromatic heterocycles. The Labute approximate surface area is 393 Å². The van der Waals surface area contributed by atoms with E-state index in [9.17, 15) is 66.4 Å². The summed E-state index contributed by atoms with van der Waals surface area (Å²) in [6.45, 7) is 12.6. The lowest BCUT2D eigenvalue weighted by atomic mass is 9.41. The van der Waals surface area contributed by atoms with Crippen LogP contribution in [0.5, 0.6) is 0 Å². The molecule has 8 aliphatic rings. The van der Waals surface area contributed by atoms with Gasteiger partial charge in [0.2, 0.25) is 0 Å². The van der Waals surface area contributed by atoms with Crippen LogP contribution >= 0.6 is 0 Å². The molecule has 0 radical (unpaired) electrons. The van der Waals surface area contributed by atoms with Crippen LogP contribution in [0.2, 0.25) is 0 Å². The zero-order valence-electron chi connectivity index (χ0n) is 40.2. The van der Waals surface area contributed by atoms with Crippen molar-refractivity contribution in [3.05, 3.63) is 0 Å². The summed E-state index contributed by atoms with van der Waals surface area (Å²) in [5.74, 6) is 0.945. The summed E-state index contributed by atoms with van der Waals surface area (Å²) < 4.78 is 36.3. The van der Waals surface area contributed by atoms with E-state index in [2.05, 4.69) is 34.6 Å². The fraction of sp³-hybridized carbons (Fsp3) is 1.00. The maximum absolute atomic E-state index is 11.8. The number of aliphatic hydroxyl groups is 13. The van der Waals surface area contributed by atoms with Gasteiger partial charge in [-0.25, -0.2) is 0 Å². The second kappa shape index (κ2) is 18.6. The Balaban J connectivity index is 1.00. The molecule has 1 unspecified atom stereocenters. The van der Waals surface area contributed by atoms with Crippen LogP contribution in [0.4, 0.5) is 0 Å². The summed E-state index contributed by atoms with van der Waals surface area (Å²) in [4.78, 5) is 0. The number of fused-ring (bicyclic) bond motifs is 2. The smallest absolute Gasteiger partial charge is 0.187 e. The van der Waals surface area contributed by atoms with Gasteiger partial charge in [0.15, 0.2) is 18.9 Å². The molecule has 19 nitrogen and oxygen atoms in total. The molecule has 0 aromatic carbocycles. The quantitative estimate of drug-likeness (QED) is 0.0908. The fourth-order valence-electron chi connectivity index (χ4n) is 15.6. The van der Waals surface area contributed by atoms with Crippen LogP contribution in [0.25, 0.3) is 0 Å². The normalized spacial score (nSPS) is 53.1. The molecule has 5 saturated carbocycles. The lowest BCUT2D eigenvalue weighted by Crippen LogP contribution is -2.66. The average Bonchev–Trinajstić information content (AvgIpc) is 3.86. The molecule has 13 N–H and O–H groups in total. The van der Waals surface area contributed by atoms with Crippen molar-refractivity contribution in [3.8, 4) is 0 Å². The third-order valence-corrected chi connectivity index (χ3v) is 20.0. The first kappa shape index (κ1) is 52.6. The summed E-state index contributed by atoms with van der Waals surface area (Å²) >= 11 is 0. The zero-order valence-corrected chi connectivity index (χ0v) is 40.2. The highest BCUT2D eigenvalue weighted by molar-refractivity contribution is 5.31. The van der Waals surface area contributed by atoms with Crippen LogP contribution in [-0.4, -0.2) is 202 Å². The van der Waals surface area contributed by atoms with Crippen LogP contribution in [0.15, 0.2) is 0 Å². The van der Waals surface area contributed by atoms with Crippen LogP contribution in [0.3, 0.4) is 0 Å². The van der Waals surface area contributed by atoms with Gasteiger partial charge in [0, 0.05) is 6.42 Å². The van der Waals surface area contributed by atoms with E-state index in [1.807, 2.05) is 0 Å². The van der Waals surface area contributed by atoms with Gasteiger partial charge in [-0.3, -0.25) is 0 Å². The fourth-order valence-corrected chi connectivity index (χ4v) is 15.6. The molecule has 3 saturated heterocycles. The van der Waals surface area contributed by atoms with Crippen molar-refractivity contribution >= 4 is 0 Å². The van der Waals surface area contributed by atoms with E-state index in [4.69, 9.17) is 28.4 Å². The highest BCUT2D eigenvalue weighted by Crippen LogP contribution is 2.89. The average molecular weight is 963 g/mol. The predicted molar refractivity (Wildman–Crippen MR) is 233 cm³/mol. The number of hydrogen-bond acceptors (Lipinski definition) is 19. The number of hydrogen-bond donors (Lipinski definition) is 13. The standard InChI is InChI=1S/C48H82O19/c1-21(23(51)16-29(52)44(4,5)61)22-10-12-46(7)28-9-8-27-43(2,3)30(11-13-47(27)20-48(28,47)15-14-45(22,46)6)66-42-39(67-41-38(60)35(57)32(54)25(18-50)64-41)36(58)33(55)26(65-42)19-62-40-37(59)34(56)31(53)24(17-49)63-40/h21-42,49-61H,8-20H2,1-7H3/t21-,22+,23?,24+,25+,26+,27-,28-,29-,30-,31+,32+,33+,34-,35-,36-,37+,38+,39+,40+,41-,42-,45+,46-,47+,48-/m0/s1.